The topological polar surface area (TPSA) is 76.0 Å². The van der Waals surface area contributed by atoms with Crippen molar-refractivity contribution in [1.29, 1.82) is 0 Å². The van der Waals surface area contributed by atoms with E-state index in [-0.39, 0.29) is 0 Å². The minimum atomic E-state index is 0.648. The largest absolute Gasteiger partial charge is 0.357 e. The first kappa shape index (κ1) is 22.3. The molecular weight excluding hydrogens is 402 g/mol. The van der Waals surface area contributed by atoms with Crippen LogP contribution in [-0.2, 0) is 6.54 Å². The molecule has 1 N–H and O–H groups in total. The van der Waals surface area contributed by atoms with Gasteiger partial charge >= 0.3 is 0 Å². The van der Waals surface area contributed by atoms with E-state index in [1.165, 1.54) is 5.56 Å². The zero-order valence-electron chi connectivity index (χ0n) is 19.3. The van der Waals surface area contributed by atoms with Crippen molar-refractivity contribution < 1.29 is 0 Å². The Morgan fingerprint density at radius 1 is 0.906 bits per heavy atom. The lowest BCUT2D eigenvalue weighted by molar-refractivity contribution is 0.270. The fraction of sp³-hybridized carbons (Fsp3) is 0.565. The van der Waals surface area contributed by atoms with Gasteiger partial charge in [0.1, 0.15) is 5.82 Å². The van der Waals surface area contributed by atoms with Crippen molar-refractivity contribution in [2.24, 2.45) is 4.99 Å². The minimum Gasteiger partial charge on any atom is -0.357 e. The molecule has 4 heterocycles. The van der Waals surface area contributed by atoms with Crippen LogP contribution < -0.4 is 15.1 Å². The van der Waals surface area contributed by atoms with Crippen molar-refractivity contribution in [3.05, 3.63) is 42.4 Å². The molecule has 0 aliphatic carbocycles. The van der Waals surface area contributed by atoms with Crippen molar-refractivity contribution in [2.75, 3.05) is 75.2 Å². The Balaban J connectivity index is 1.36. The molecule has 0 amide bonds. The summed E-state index contributed by atoms with van der Waals surface area (Å²) in [7, 11) is 0. The third-order valence-corrected chi connectivity index (χ3v) is 6.11. The quantitative estimate of drug-likeness (QED) is 0.535. The lowest BCUT2D eigenvalue weighted by atomic mass is 10.2. The van der Waals surface area contributed by atoms with Crippen LogP contribution in [0.15, 0.2) is 41.8 Å². The molecule has 0 aromatic carbocycles. The van der Waals surface area contributed by atoms with Crippen molar-refractivity contribution in [3.63, 3.8) is 0 Å². The number of piperazine rings is 2. The number of likely N-dealkylation sites (N-methyl/N-ethyl adjacent to an activating group) is 1. The summed E-state index contributed by atoms with van der Waals surface area (Å²) < 4.78 is 0. The lowest BCUT2D eigenvalue weighted by Crippen LogP contribution is -2.53. The van der Waals surface area contributed by atoms with Crippen LogP contribution in [-0.4, -0.2) is 96.2 Å². The summed E-state index contributed by atoms with van der Waals surface area (Å²) in [6.07, 6.45) is 5.51. The Labute approximate surface area is 191 Å². The molecule has 9 heteroatoms. The van der Waals surface area contributed by atoms with Crippen LogP contribution in [0.3, 0.4) is 0 Å². The molecule has 0 bridgehead atoms. The number of hydrogen-bond donors (Lipinski definition) is 1. The number of aliphatic imine (C=N–C) groups is 1. The number of nitrogens with one attached hydrogen (secondary N) is 1. The van der Waals surface area contributed by atoms with Gasteiger partial charge in [0, 0.05) is 77.5 Å². The predicted molar refractivity (Wildman–Crippen MR) is 129 cm³/mol. The Morgan fingerprint density at radius 2 is 1.62 bits per heavy atom. The van der Waals surface area contributed by atoms with Crippen LogP contribution in [0, 0.1) is 0 Å². The number of hydrogen-bond acceptors (Lipinski definition) is 7. The Kier molecular flexibility index (Phi) is 7.71. The fourth-order valence-electron chi connectivity index (χ4n) is 4.19. The van der Waals surface area contributed by atoms with Crippen molar-refractivity contribution in [3.8, 4) is 0 Å². The van der Waals surface area contributed by atoms with Crippen LogP contribution in [0.2, 0.25) is 0 Å². The molecule has 0 saturated carbocycles. The van der Waals surface area contributed by atoms with Crippen LogP contribution in [0.1, 0.15) is 19.4 Å². The highest BCUT2D eigenvalue weighted by molar-refractivity contribution is 5.80. The van der Waals surface area contributed by atoms with Gasteiger partial charge in [-0.25, -0.2) is 19.9 Å². The van der Waals surface area contributed by atoms with Crippen LogP contribution in [0.4, 0.5) is 11.8 Å². The van der Waals surface area contributed by atoms with Crippen molar-refractivity contribution >= 4 is 17.7 Å². The number of guanidine groups is 1. The average molecular weight is 438 g/mol. The summed E-state index contributed by atoms with van der Waals surface area (Å²) >= 11 is 0. The summed E-state index contributed by atoms with van der Waals surface area (Å²) in [5.41, 5.74) is 1.19. The maximum atomic E-state index is 4.94. The normalized spacial score (nSPS) is 18.2. The number of anilines is 2. The van der Waals surface area contributed by atoms with E-state index < -0.39 is 0 Å². The summed E-state index contributed by atoms with van der Waals surface area (Å²) in [5, 5.41) is 3.46. The first-order valence-corrected chi connectivity index (χ1v) is 11.7. The van der Waals surface area contributed by atoms with E-state index in [0.29, 0.717) is 6.54 Å². The number of nitrogens with zero attached hydrogens (tertiary/aromatic N) is 8. The lowest BCUT2D eigenvalue weighted by Gasteiger charge is -2.36. The standard InChI is InChI=1S/C23H35N9/c1-3-24-22(31-14-16-32(17-15-31)23-26-7-5-8-27-23)28-19-20-6-9-25-21(18-20)30-12-10-29(4-2)11-13-30/h5-9,18H,3-4,10-17,19H2,1-2H3,(H,24,28). The molecule has 2 aromatic heterocycles. The molecule has 2 aliphatic rings. The minimum absolute atomic E-state index is 0.648. The molecule has 9 nitrogen and oxygen atoms in total. The monoisotopic (exact) mass is 437 g/mol. The van der Waals surface area contributed by atoms with Gasteiger partial charge in [-0.15, -0.1) is 0 Å². The Hall–Kier alpha value is -2.94. The highest BCUT2D eigenvalue weighted by atomic mass is 15.4. The first-order chi connectivity index (χ1) is 15.8. The molecule has 172 valence electrons. The fourth-order valence-corrected chi connectivity index (χ4v) is 4.19. The maximum Gasteiger partial charge on any atom is 0.225 e. The van der Waals surface area contributed by atoms with Crippen LogP contribution >= 0.6 is 0 Å². The molecule has 2 fully saturated rings. The van der Waals surface area contributed by atoms with Gasteiger partial charge in [-0.3, -0.25) is 0 Å². The van der Waals surface area contributed by atoms with Crippen molar-refractivity contribution in [1.82, 2.24) is 30.1 Å². The van der Waals surface area contributed by atoms with Gasteiger partial charge in [-0.1, -0.05) is 6.92 Å². The van der Waals surface area contributed by atoms with E-state index in [1.807, 2.05) is 12.3 Å². The number of aromatic nitrogens is 3. The van der Waals surface area contributed by atoms with Gasteiger partial charge < -0.3 is 24.9 Å². The van der Waals surface area contributed by atoms with E-state index in [4.69, 9.17) is 4.99 Å². The molecule has 32 heavy (non-hydrogen) atoms. The van der Waals surface area contributed by atoms with Crippen LogP contribution in [0.5, 0.6) is 0 Å². The summed E-state index contributed by atoms with van der Waals surface area (Å²) in [4.78, 5) is 27.7. The van der Waals surface area contributed by atoms with E-state index >= 15 is 0 Å². The smallest absolute Gasteiger partial charge is 0.225 e. The van der Waals surface area contributed by atoms with Crippen LogP contribution in [0.25, 0.3) is 0 Å². The van der Waals surface area contributed by atoms with Gasteiger partial charge in [0.15, 0.2) is 5.96 Å². The molecule has 0 atom stereocenters. The molecule has 2 saturated heterocycles. The second-order valence-electron chi connectivity index (χ2n) is 8.14. The number of pyridine rings is 1. The summed E-state index contributed by atoms with van der Waals surface area (Å²) in [5.74, 6) is 2.84. The molecule has 0 radical (unpaired) electrons. The molecular formula is C23H35N9. The summed E-state index contributed by atoms with van der Waals surface area (Å²) in [6.45, 7) is 14.8. The predicted octanol–water partition coefficient (Wildman–Crippen LogP) is 1.30. The molecule has 2 aromatic rings. The van der Waals surface area contributed by atoms with E-state index in [0.717, 1.165) is 83.2 Å². The Morgan fingerprint density at radius 3 is 2.31 bits per heavy atom. The SMILES string of the molecule is CCNC(=NCc1ccnc(N2CCN(CC)CC2)c1)N1CCN(c2ncccn2)CC1. The molecule has 0 unspecified atom stereocenters. The van der Waals surface area contributed by atoms with E-state index in [1.54, 1.807) is 12.4 Å². The molecule has 4 rings (SSSR count). The second-order valence-corrected chi connectivity index (χ2v) is 8.14. The summed E-state index contributed by atoms with van der Waals surface area (Å²) in [6, 6.07) is 6.12. The van der Waals surface area contributed by atoms with Gasteiger partial charge in [0.2, 0.25) is 5.95 Å². The maximum absolute atomic E-state index is 4.94. The highest BCUT2D eigenvalue weighted by Gasteiger charge is 2.21. The first-order valence-electron chi connectivity index (χ1n) is 11.7. The molecule has 2 aliphatic heterocycles. The Bertz CT molecular complexity index is 857. The van der Waals surface area contributed by atoms with Gasteiger partial charge in [-0.2, -0.15) is 0 Å². The van der Waals surface area contributed by atoms with Gasteiger partial charge in [0.25, 0.3) is 0 Å². The van der Waals surface area contributed by atoms with E-state index in [2.05, 4.69) is 65.8 Å². The third-order valence-electron chi connectivity index (χ3n) is 6.11. The van der Waals surface area contributed by atoms with Gasteiger partial charge in [-0.05, 0) is 37.2 Å². The zero-order valence-corrected chi connectivity index (χ0v) is 19.3. The third kappa shape index (κ3) is 5.64. The second kappa shape index (κ2) is 11.1. The van der Waals surface area contributed by atoms with Gasteiger partial charge in [0.05, 0.1) is 6.54 Å². The highest BCUT2D eigenvalue weighted by Crippen LogP contribution is 2.16. The molecule has 0 spiro atoms. The average Bonchev–Trinajstić information content (AvgIpc) is 2.87. The number of rotatable bonds is 6. The zero-order chi connectivity index (χ0) is 22.2. The van der Waals surface area contributed by atoms with E-state index in [9.17, 15) is 0 Å². The van der Waals surface area contributed by atoms with Crippen molar-refractivity contribution in [2.45, 2.75) is 20.4 Å².